The van der Waals surface area contributed by atoms with Crippen molar-refractivity contribution in [2.75, 3.05) is 0 Å². The van der Waals surface area contributed by atoms with Gasteiger partial charge in [0.1, 0.15) is 0 Å². The highest BCUT2D eigenvalue weighted by Crippen LogP contribution is 2.25. The van der Waals surface area contributed by atoms with Crippen molar-refractivity contribution in [3.63, 3.8) is 0 Å². The highest BCUT2D eigenvalue weighted by Gasteiger charge is 2.03. The summed E-state index contributed by atoms with van der Waals surface area (Å²) in [5.74, 6) is 0. The van der Waals surface area contributed by atoms with Crippen molar-refractivity contribution in [1.82, 2.24) is 0 Å². The zero-order valence-corrected chi connectivity index (χ0v) is 11.7. The molecule has 1 nitrogen and oxygen atoms in total. The first kappa shape index (κ1) is 12.1. The Hall–Kier alpha value is -1.37. The van der Waals surface area contributed by atoms with E-state index in [1.165, 1.54) is 5.56 Å². The van der Waals surface area contributed by atoms with Gasteiger partial charge in [-0.05, 0) is 47.7 Å². The first-order chi connectivity index (χ1) is 8.20. The van der Waals surface area contributed by atoms with Crippen LogP contribution in [0.15, 0.2) is 40.2 Å². The fourth-order valence-corrected chi connectivity index (χ4v) is 2.76. The van der Waals surface area contributed by atoms with E-state index in [4.69, 9.17) is 0 Å². The van der Waals surface area contributed by atoms with Crippen LogP contribution in [0.2, 0.25) is 0 Å². The lowest BCUT2D eigenvalue weighted by Crippen LogP contribution is -1.81. The van der Waals surface area contributed by atoms with Gasteiger partial charge in [0.05, 0.1) is 11.6 Å². The van der Waals surface area contributed by atoms with E-state index in [0.29, 0.717) is 5.57 Å². The summed E-state index contributed by atoms with van der Waals surface area (Å²) >= 11 is 5.07. The van der Waals surface area contributed by atoms with Crippen LogP contribution in [0.5, 0.6) is 0 Å². The number of halogens is 1. The second kappa shape index (κ2) is 5.31. The Kier molecular flexibility index (Phi) is 3.78. The first-order valence-electron chi connectivity index (χ1n) is 5.12. The predicted octanol–water partition coefficient (Wildman–Crippen LogP) is 4.88. The zero-order valence-electron chi connectivity index (χ0n) is 9.27. The van der Waals surface area contributed by atoms with Crippen molar-refractivity contribution in [2.24, 2.45) is 0 Å². The minimum atomic E-state index is 0.692. The number of allylic oxidation sites excluding steroid dienone is 1. The van der Waals surface area contributed by atoms with E-state index in [0.717, 1.165) is 14.9 Å². The molecule has 2 rings (SSSR count). The maximum absolute atomic E-state index is 9.23. The fraction of sp³-hybridized carbons (Fsp3) is 0.0714. The van der Waals surface area contributed by atoms with Gasteiger partial charge >= 0.3 is 0 Å². The Balaban J connectivity index is 2.45. The summed E-state index contributed by atoms with van der Waals surface area (Å²) in [4.78, 5) is 1.14. The van der Waals surface area contributed by atoms with Crippen molar-refractivity contribution in [3.05, 3.63) is 56.2 Å². The maximum atomic E-state index is 9.23. The van der Waals surface area contributed by atoms with Crippen molar-refractivity contribution in [3.8, 4) is 6.07 Å². The van der Waals surface area contributed by atoms with E-state index in [2.05, 4.69) is 35.0 Å². The molecule has 3 heteroatoms. The van der Waals surface area contributed by atoms with E-state index >= 15 is 0 Å². The molecule has 2 aromatic rings. The molecule has 1 heterocycles. The molecule has 0 saturated heterocycles. The van der Waals surface area contributed by atoms with Crippen molar-refractivity contribution >= 4 is 38.9 Å². The third-order valence-corrected chi connectivity index (χ3v) is 3.89. The molecular formula is C14H10BrNS. The van der Waals surface area contributed by atoms with Gasteiger partial charge in [0.15, 0.2) is 0 Å². The van der Waals surface area contributed by atoms with Crippen molar-refractivity contribution < 1.29 is 0 Å². The summed E-state index contributed by atoms with van der Waals surface area (Å²) in [6.45, 7) is 2.05. The van der Waals surface area contributed by atoms with Crippen LogP contribution in [-0.2, 0) is 0 Å². The average Bonchev–Trinajstić information content (AvgIpc) is 2.71. The van der Waals surface area contributed by atoms with Gasteiger partial charge in [0, 0.05) is 9.35 Å². The molecule has 0 unspecified atom stereocenters. The van der Waals surface area contributed by atoms with Crippen LogP contribution >= 0.6 is 27.3 Å². The molecule has 0 aliphatic rings. The Labute approximate surface area is 113 Å². The lowest BCUT2D eigenvalue weighted by molar-refractivity contribution is 1.51. The van der Waals surface area contributed by atoms with E-state index in [1.54, 1.807) is 11.3 Å². The number of thiophene rings is 1. The third kappa shape index (κ3) is 2.85. The summed E-state index contributed by atoms with van der Waals surface area (Å²) in [5.41, 5.74) is 2.84. The maximum Gasteiger partial charge on any atom is 0.0998 e. The molecule has 0 aliphatic heterocycles. The Morgan fingerprint density at radius 3 is 2.82 bits per heavy atom. The smallest absolute Gasteiger partial charge is 0.0998 e. The van der Waals surface area contributed by atoms with E-state index in [9.17, 15) is 5.26 Å². The Morgan fingerprint density at radius 1 is 1.41 bits per heavy atom. The van der Waals surface area contributed by atoms with E-state index in [1.807, 2.05) is 35.7 Å². The quantitative estimate of drug-likeness (QED) is 0.725. The zero-order chi connectivity index (χ0) is 12.3. The minimum absolute atomic E-state index is 0.692. The van der Waals surface area contributed by atoms with Gasteiger partial charge < -0.3 is 0 Å². The molecule has 1 aromatic heterocycles. The number of rotatable bonds is 2. The number of benzene rings is 1. The molecule has 0 atom stereocenters. The molecule has 17 heavy (non-hydrogen) atoms. The van der Waals surface area contributed by atoms with Crippen LogP contribution in [0.4, 0.5) is 0 Å². The summed E-state index contributed by atoms with van der Waals surface area (Å²) in [6.07, 6.45) is 1.95. The number of hydrogen-bond donors (Lipinski definition) is 0. The van der Waals surface area contributed by atoms with Gasteiger partial charge in [-0.2, -0.15) is 5.26 Å². The number of hydrogen-bond acceptors (Lipinski definition) is 2. The molecule has 0 bridgehead atoms. The fourth-order valence-electron chi connectivity index (χ4n) is 1.50. The second-order valence-corrected chi connectivity index (χ2v) is 5.51. The van der Waals surface area contributed by atoms with Gasteiger partial charge in [-0.1, -0.05) is 28.1 Å². The Morgan fingerprint density at radius 2 is 2.24 bits per heavy atom. The number of aryl methyl sites for hydroxylation is 1. The van der Waals surface area contributed by atoms with Gasteiger partial charge in [0.25, 0.3) is 0 Å². The summed E-state index contributed by atoms with van der Waals surface area (Å²) in [5, 5.41) is 11.3. The molecule has 0 aliphatic carbocycles. The first-order valence-corrected chi connectivity index (χ1v) is 6.80. The van der Waals surface area contributed by atoms with Gasteiger partial charge in [-0.25, -0.2) is 0 Å². The summed E-state index contributed by atoms with van der Waals surface area (Å²) in [7, 11) is 0. The lowest BCUT2D eigenvalue weighted by Gasteiger charge is -2.00. The van der Waals surface area contributed by atoms with Gasteiger partial charge in [0.2, 0.25) is 0 Å². The molecule has 0 amide bonds. The highest BCUT2D eigenvalue weighted by molar-refractivity contribution is 9.10. The standard InChI is InChI=1S/C14H10BrNS/c1-10-5-6-17-14(10)8-12(9-16)11-3-2-4-13(15)7-11/h2-8H,1H3. The third-order valence-electron chi connectivity index (χ3n) is 2.43. The van der Waals surface area contributed by atoms with Crippen molar-refractivity contribution in [1.29, 1.82) is 5.26 Å². The number of nitrogens with zero attached hydrogens (tertiary/aromatic N) is 1. The minimum Gasteiger partial charge on any atom is -0.192 e. The van der Waals surface area contributed by atoms with E-state index < -0.39 is 0 Å². The van der Waals surface area contributed by atoms with Gasteiger partial charge in [-0.3, -0.25) is 0 Å². The molecule has 0 N–H and O–H groups in total. The summed E-state index contributed by atoms with van der Waals surface area (Å²) in [6, 6.07) is 12.1. The Bertz CT molecular complexity index is 605. The molecule has 0 saturated carbocycles. The number of nitriles is 1. The van der Waals surface area contributed by atoms with Gasteiger partial charge in [-0.15, -0.1) is 11.3 Å². The second-order valence-electron chi connectivity index (χ2n) is 3.65. The van der Waals surface area contributed by atoms with Crippen LogP contribution in [0.3, 0.4) is 0 Å². The molecule has 0 spiro atoms. The SMILES string of the molecule is Cc1ccsc1C=C(C#N)c1cccc(Br)c1. The molecule has 0 radical (unpaired) electrons. The topological polar surface area (TPSA) is 23.8 Å². The van der Waals surface area contributed by atoms with Crippen LogP contribution in [-0.4, -0.2) is 0 Å². The predicted molar refractivity (Wildman–Crippen MR) is 76.7 cm³/mol. The highest BCUT2D eigenvalue weighted by atomic mass is 79.9. The van der Waals surface area contributed by atoms with Crippen molar-refractivity contribution in [2.45, 2.75) is 6.92 Å². The van der Waals surface area contributed by atoms with Crippen LogP contribution in [0.1, 0.15) is 16.0 Å². The molecular weight excluding hydrogens is 294 g/mol. The van der Waals surface area contributed by atoms with Crippen LogP contribution in [0.25, 0.3) is 11.6 Å². The molecule has 84 valence electrons. The summed E-state index contributed by atoms with van der Waals surface area (Å²) < 4.78 is 0.985. The normalized spacial score (nSPS) is 11.2. The van der Waals surface area contributed by atoms with Crippen LogP contribution < -0.4 is 0 Å². The molecule has 1 aromatic carbocycles. The monoisotopic (exact) mass is 303 g/mol. The average molecular weight is 304 g/mol. The van der Waals surface area contributed by atoms with E-state index in [-0.39, 0.29) is 0 Å². The largest absolute Gasteiger partial charge is 0.192 e. The lowest BCUT2D eigenvalue weighted by atomic mass is 10.1. The van der Waals surface area contributed by atoms with Crippen LogP contribution in [0, 0.1) is 18.3 Å². The molecule has 0 fully saturated rings.